The summed E-state index contributed by atoms with van der Waals surface area (Å²) in [6, 6.07) is 9.04. The molecule has 0 aliphatic heterocycles. The van der Waals surface area contributed by atoms with Crippen molar-refractivity contribution in [2.24, 2.45) is 0 Å². The summed E-state index contributed by atoms with van der Waals surface area (Å²) in [4.78, 5) is 11.5. The van der Waals surface area contributed by atoms with Gasteiger partial charge in [-0.25, -0.2) is 4.79 Å². The molecule has 0 saturated heterocycles. The van der Waals surface area contributed by atoms with Crippen molar-refractivity contribution in [3.63, 3.8) is 0 Å². The highest BCUT2D eigenvalue weighted by Crippen LogP contribution is 2.25. The lowest BCUT2D eigenvalue weighted by molar-refractivity contribution is -0.141. The Hall–Kier alpha value is -2.28. The molecule has 1 N–H and O–H groups in total. The lowest BCUT2D eigenvalue weighted by Gasteiger charge is -2.19. The zero-order chi connectivity index (χ0) is 15.3. The molecule has 1 rings (SSSR count). The molecule has 0 bridgehead atoms. The van der Waals surface area contributed by atoms with Crippen LogP contribution in [-0.4, -0.2) is 17.7 Å². The van der Waals surface area contributed by atoms with Gasteiger partial charge < -0.3 is 9.84 Å². The van der Waals surface area contributed by atoms with Gasteiger partial charge in [0, 0.05) is 0 Å². The van der Waals surface area contributed by atoms with E-state index in [0.717, 1.165) is 5.56 Å². The van der Waals surface area contributed by atoms with E-state index in [1.807, 2.05) is 18.2 Å². The van der Waals surface area contributed by atoms with E-state index in [0.29, 0.717) is 5.56 Å². The number of ether oxygens (including phenoxy) is 1. The van der Waals surface area contributed by atoms with Crippen molar-refractivity contribution in [1.29, 1.82) is 5.26 Å². The van der Waals surface area contributed by atoms with E-state index in [2.05, 4.69) is 25.5 Å². The topological polar surface area (TPSA) is 70.3 Å². The fourth-order valence-corrected chi connectivity index (χ4v) is 1.69. The minimum Gasteiger partial charge on any atom is -0.501 e. The summed E-state index contributed by atoms with van der Waals surface area (Å²) >= 11 is 0. The van der Waals surface area contributed by atoms with Crippen molar-refractivity contribution in [2.45, 2.75) is 33.1 Å². The van der Waals surface area contributed by atoms with Crippen LogP contribution in [0.5, 0.6) is 0 Å². The number of nitrogens with zero attached hydrogens (tertiary/aromatic N) is 1. The smallest absolute Gasteiger partial charge is 0.374 e. The maximum atomic E-state index is 11.5. The molecule has 1 aromatic carbocycles. The first-order valence-corrected chi connectivity index (χ1v) is 6.42. The van der Waals surface area contributed by atoms with Crippen LogP contribution >= 0.6 is 0 Å². The van der Waals surface area contributed by atoms with Gasteiger partial charge in [-0.15, -0.1) is 0 Å². The fraction of sp³-hybridized carbons (Fsp3) is 0.375. The summed E-state index contributed by atoms with van der Waals surface area (Å²) in [6.45, 7) is 8.03. The van der Waals surface area contributed by atoms with Gasteiger partial charge in [-0.05, 0) is 23.5 Å². The normalized spacial score (nSPS) is 12.3. The van der Waals surface area contributed by atoms with Gasteiger partial charge in [0.2, 0.25) is 5.76 Å². The maximum absolute atomic E-state index is 11.5. The first-order chi connectivity index (χ1) is 9.31. The Kier molecular flexibility index (Phi) is 4.93. The first kappa shape index (κ1) is 15.8. The van der Waals surface area contributed by atoms with Crippen molar-refractivity contribution >= 4 is 11.5 Å². The molecule has 0 amide bonds. The Labute approximate surface area is 119 Å². The molecule has 4 heteroatoms. The summed E-state index contributed by atoms with van der Waals surface area (Å²) < 4.78 is 4.69. The van der Waals surface area contributed by atoms with E-state index in [1.54, 1.807) is 19.1 Å². The van der Waals surface area contributed by atoms with Crippen LogP contribution in [0.4, 0.5) is 0 Å². The third-order valence-corrected chi connectivity index (χ3v) is 2.86. The summed E-state index contributed by atoms with van der Waals surface area (Å²) in [7, 11) is 0. The van der Waals surface area contributed by atoms with Gasteiger partial charge in [-0.1, -0.05) is 45.0 Å². The van der Waals surface area contributed by atoms with Gasteiger partial charge in [-0.2, -0.15) is 5.26 Å². The summed E-state index contributed by atoms with van der Waals surface area (Å²) in [5.74, 6) is -1.54. The van der Waals surface area contributed by atoms with Gasteiger partial charge in [0.25, 0.3) is 0 Å². The van der Waals surface area contributed by atoms with Crippen molar-refractivity contribution in [3.8, 4) is 6.07 Å². The number of carbonyl (C=O) groups excluding carboxylic acids is 1. The number of aliphatic hydroxyl groups excluding tert-OH is 1. The molecule has 106 valence electrons. The van der Waals surface area contributed by atoms with E-state index in [4.69, 9.17) is 5.26 Å². The Bertz CT molecular complexity index is 557. The molecule has 0 radical (unpaired) electrons. The predicted octanol–water partition coefficient (Wildman–Crippen LogP) is 3.34. The third-order valence-electron chi connectivity index (χ3n) is 2.86. The van der Waals surface area contributed by atoms with Crippen LogP contribution in [0.25, 0.3) is 5.57 Å². The van der Waals surface area contributed by atoms with Crippen molar-refractivity contribution in [1.82, 2.24) is 0 Å². The van der Waals surface area contributed by atoms with E-state index in [9.17, 15) is 9.90 Å². The molecule has 0 aromatic heterocycles. The lowest BCUT2D eigenvalue weighted by atomic mass is 9.86. The van der Waals surface area contributed by atoms with Gasteiger partial charge in [0.15, 0.2) is 0 Å². The number of hydrogen-bond acceptors (Lipinski definition) is 4. The number of carbonyl (C=O) groups is 1. The van der Waals surface area contributed by atoms with Crippen molar-refractivity contribution in [2.75, 3.05) is 6.61 Å². The summed E-state index contributed by atoms with van der Waals surface area (Å²) in [5, 5.41) is 18.9. The highest BCUT2D eigenvalue weighted by Gasteiger charge is 2.18. The van der Waals surface area contributed by atoms with Crippen molar-refractivity contribution < 1.29 is 14.6 Å². The predicted molar refractivity (Wildman–Crippen MR) is 76.9 cm³/mol. The SMILES string of the molecule is CCOC(=O)C(O)=C(C#N)c1ccc(C(C)(C)C)cc1. The second-order valence-electron chi connectivity index (χ2n) is 5.38. The van der Waals surface area contributed by atoms with E-state index >= 15 is 0 Å². The largest absolute Gasteiger partial charge is 0.501 e. The molecule has 20 heavy (non-hydrogen) atoms. The van der Waals surface area contributed by atoms with Crippen molar-refractivity contribution in [3.05, 3.63) is 41.2 Å². The molecule has 1 aromatic rings. The monoisotopic (exact) mass is 273 g/mol. The Morgan fingerprint density at radius 1 is 1.30 bits per heavy atom. The van der Waals surface area contributed by atoms with Gasteiger partial charge in [0.05, 0.1) is 6.61 Å². The minimum atomic E-state index is -0.885. The molecule has 0 saturated carbocycles. The Morgan fingerprint density at radius 2 is 1.85 bits per heavy atom. The van der Waals surface area contributed by atoms with Crippen LogP contribution < -0.4 is 0 Å². The maximum Gasteiger partial charge on any atom is 0.374 e. The van der Waals surface area contributed by atoms with Crippen LogP contribution in [0.3, 0.4) is 0 Å². The molecule has 0 atom stereocenters. The minimum absolute atomic E-state index is 0.00175. The Balaban J connectivity index is 3.18. The molecular formula is C16H19NO3. The second kappa shape index (κ2) is 6.25. The average molecular weight is 273 g/mol. The van der Waals surface area contributed by atoms with Crippen LogP contribution in [0, 0.1) is 11.3 Å². The van der Waals surface area contributed by atoms with E-state index < -0.39 is 11.7 Å². The van der Waals surface area contributed by atoms with Gasteiger partial charge in [0.1, 0.15) is 11.6 Å². The third kappa shape index (κ3) is 3.61. The highest BCUT2D eigenvalue weighted by molar-refractivity contribution is 5.98. The number of esters is 1. The zero-order valence-corrected chi connectivity index (χ0v) is 12.2. The summed E-state index contributed by atoms with van der Waals surface area (Å²) in [5.41, 5.74) is 1.52. The van der Waals surface area contributed by atoms with Crippen LogP contribution in [0.1, 0.15) is 38.8 Å². The lowest BCUT2D eigenvalue weighted by Crippen LogP contribution is -2.11. The fourth-order valence-electron chi connectivity index (χ4n) is 1.69. The first-order valence-electron chi connectivity index (χ1n) is 6.42. The standard InChI is InChI=1S/C16H19NO3/c1-5-20-15(19)14(18)13(10-17)11-6-8-12(9-7-11)16(2,3)4/h6-9,18H,5H2,1-4H3. The molecule has 0 unspecified atom stereocenters. The summed E-state index contributed by atoms with van der Waals surface area (Å²) in [6.07, 6.45) is 0. The number of hydrogen-bond donors (Lipinski definition) is 1. The van der Waals surface area contributed by atoms with Crippen LogP contribution in [0.15, 0.2) is 30.0 Å². The highest BCUT2D eigenvalue weighted by atomic mass is 16.5. The van der Waals surface area contributed by atoms with Crippen LogP contribution in [-0.2, 0) is 14.9 Å². The number of allylic oxidation sites excluding steroid dienone is 1. The molecule has 0 spiro atoms. The number of aliphatic hydroxyl groups is 1. The number of benzene rings is 1. The van der Waals surface area contributed by atoms with E-state index in [-0.39, 0.29) is 17.6 Å². The molecule has 0 aliphatic carbocycles. The zero-order valence-electron chi connectivity index (χ0n) is 12.2. The van der Waals surface area contributed by atoms with Gasteiger partial charge >= 0.3 is 5.97 Å². The van der Waals surface area contributed by atoms with E-state index in [1.165, 1.54) is 0 Å². The molecule has 4 nitrogen and oxygen atoms in total. The molecular weight excluding hydrogens is 254 g/mol. The molecule has 0 heterocycles. The van der Waals surface area contributed by atoms with Gasteiger partial charge in [-0.3, -0.25) is 0 Å². The van der Waals surface area contributed by atoms with Crippen LogP contribution in [0.2, 0.25) is 0 Å². The quantitative estimate of drug-likeness (QED) is 0.397. The second-order valence-corrected chi connectivity index (χ2v) is 5.38. The number of rotatable bonds is 3. The molecule has 0 fully saturated rings. The number of nitriles is 1. The Morgan fingerprint density at radius 3 is 2.25 bits per heavy atom. The average Bonchev–Trinajstić information content (AvgIpc) is 2.39. The molecule has 0 aliphatic rings.